The summed E-state index contributed by atoms with van der Waals surface area (Å²) in [5, 5.41) is 15.6. The van der Waals surface area contributed by atoms with Gasteiger partial charge in [-0.05, 0) is 49.9 Å². The van der Waals surface area contributed by atoms with E-state index in [0.717, 1.165) is 35.0 Å². The molecule has 5 aromatic rings. The standard InChI is InChI=1S/C28H29N9O3/c1-16-13-29-27(31-20-10-9-17(2)37(14-20)28(38)39-15-19-7-5-4-6-8-19)33-23(16)24-21-11-12-22(32-25(21)35-34-24)26-30-18(3)40-36-26/h4-8,11-13,17,20H,9-10,14-15H2,1-3H3,(H,29,31,33)(H,32,34,35)/t17-,20-/m0/s1. The van der Waals surface area contributed by atoms with Crippen molar-refractivity contribution in [1.82, 2.24) is 40.2 Å². The molecule has 6 rings (SSSR count). The van der Waals surface area contributed by atoms with Crippen molar-refractivity contribution in [1.29, 1.82) is 0 Å². The number of piperidine rings is 1. The van der Waals surface area contributed by atoms with Crippen LogP contribution < -0.4 is 5.32 Å². The van der Waals surface area contributed by atoms with Crippen LogP contribution in [0.2, 0.25) is 0 Å². The molecule has 204 valence electrons. The number of likely N-dealkylation sites (tertiary alicyclic amines) is 1. The van der Waals surface area contributed by atoms with Crippen molar-refractivity contribution in [2.24, 2.45) is 0 Å². The zero-order chi connectivity index (χ0) is 27.6. The van der Waals surface area contributed by atoms with Gasteiger partial charge in [0.05, 0.1) is 11.4 Å². The Morgan fingerprint density at radius 3 is 2.77 bits per heavy atom. The fraction of sp³-hybridized carbons (Fsp3) is 0.321. The molecular formula is C28H29N9O3. The zero-order valence-corrected chi connectivity index (χ0v) is 22.5. The molecule has 12 heteroatoms. The number of aryl methyl sites for hydroxylation is 2. The van der Waals surface area contributed by atoms with Crippen LogP contribution in [-0.2, 0) is 11.3 Å². The number of nitrogens with zero attached hydrogens (tertiary/aromatic N) is 7. The van der Waals surface area contributed by atoms with Crippen molar-refractivity contribution in [2.45, 2.75) is 52.3 Å². The van der Waals surface area contributed by atoms with Crippen LogP contribution in [-0.4, -0.2) is 64.9 Å². The van der Waals surface area contributed by atoms with Gasteiger partial charge in [0.1, 0.15) is 12.3 Å². The molecule has 0 spiro atoms. The molecule has 12 nitrogen and oxygen atoms in total. The van der Waals surface area contributed by atoms with Crippen molar-refractivity contribution in [3.8, 4) is 22.9 Å². The van der Waals surface area contributed by atoms with Gasteiger partial charge in [-0.2, -0.15) is 10.1 Å². The number of aromatic nitrogens is 7. The molecule has 1 fully saturated rings. The molecule has 1 aromatic carbocycles. The second-order valence-electron chi connectivity index (χ2n) is 9.99. The molecule has 2 atom stereocenters. The summed E-state index contributed by atoms with van der Waals surface area (Å²) in [6, 6.07) is 13.5. The van der Waals surface area contributed by atoms with Gasteiger partial charge in [-0.25, -0.2) is 19.7 Å². The van der Waals surface area contributed by atoms with E-state index in [9.17, 15) is 4.79 Å². The first kappa shape index (κ1) is 25.4. The summed E-state index contributed by atoms with van der Waals surface area (Å²) >= 11 is 0. The van der Waals surface area contributed by atoms with Gasteiger partial charge in [0, 0.05) is 37.1 Å². The lowest BCUT2D eigenvalue weighted by molar-refractivity contribution is 0.0695. The Kier molecular flexibility index (Phi) is 6.81. The number of benzene rings is 1. The number of fused-ring (bicyclic) bond motifs is 1. The fourth-order valence-corrected chi connectivity index (χ4v) is 4.83. The molecule has 0 saturated carbocycles. The fourth-order valence-electron chi connectivity index (χ4n) is 4.83. The summed E-state index contributed by atoms with van der Waals surface area (Å²) < 4.78 is 10.7. The highest BCUT2D eigenvalue weighted by Gasteiger charge is 2.30. The maximum Gasteiger partial charge on any atom is 0.410 e. The highest BCUT2D eigenvalue weighted by atomic mass is 16.6. The summed E-state index contributed by atoms with van der Waals surface area (Å²) in [4.78, 5) is 32.8. The summed E-state index contributed by atoms with van der Waals surface area (Å²) in [6.07, 6.45) is 3.18. The first-order chi connectivity index (χ1) is 19.4. The SMILES string of the molecule is Cc1nc(-c2ccc3c(-c4nc(N[C@H]5CC[C@H](C)N(C(=O)OCc6ccccc6)C5)ncc4C)[nH]nc3n2)no1. The van der Waals surface area contributed by atoms with E-state index >= 15 is 0 Å². The number of aromatic amines is 1. The third-order valence-corrected chi connectivity index (χ3v) is 7.04. The van der Waals surface area contributed by atoms with E-state index in [2.05, 4.69) is 35.6 Å². The Morgan fingerprint density at radius 1 is 1.12 bits per heavy atom. The Hall–Kier alpha value is -4.87. The molecule has 0 aliphatic carbocycles. The van der Waals surface area contributed by atoms with Crippen molar-refractivity contribution in [2.75, 3.05) is 11.9 Å². The van der Waals surface area contributed by atoms with E-state index in [-0.39, 0.29) is 24.8 Å². The quantitative estimate of drug-likeness (QED) is 0.311. The number of amides is 1. The number of rotatable bonds is 6. The van der Waals surface area contributed by atoms with Gasteiger partial charge in [0.25, 0.3) is 0 Å². The number of nitrogens with one attached hydrogen (secondary N) is 2. The van der Waals surface area contributed by atoms with Crippen molar-refractivity contribution < 1.29 is 14.1 Å². The minimum Gasteiger partial charge on any atom is -0.445 e. The molecule has 2 N–H and O–H groups in total. The lowest BCUT2D eigenvalue weighted by Gasteiger charge is -2.37. The Labute approximate surface area is 230 Å². The molecule has 0 bridgehead atoms. The van der Waals surface area contributed by atoms with Crippen LogP contribution in [0.5, 0.6) is 0 Å². The smallest absolute Gasteiger partial charge is 0.410 e. The lowest BCUT2D eigenvalue weighted by Crippen LogP contribution is -2.50. The molecule has 1 saturated heterocycles. The molecule has 0 radical (unpaired) electrons. The average molecular weight is 540 g/mol. The van der Waals surface area contributed by atoms with Crippen LogP contribution in [0.25, 0.3) is 33.9 Å². The lowest BCUT2D eigenvalue weighted by atomic mass is 10.00. The minimum absolute atomic E-state index is 0.0165. The zero-order valence-electron chi connectivity index (χ0n) is 22.5. The topological polar surface area (TPSA) is 148 Å². The molecule has 40 heavy (non-hydrogen) atoms. The highest BCUT2D eigenvalue weighted by Crippen LogP contribution is 2.29. The first-order valence-electron chi connectivity index (χ1n) is 13.2. The summed E-state index contributed by atoms with van der Waals surface area (Å²) in [5.74, 6) is 1.36. The second-order valence-corrected chi connectivity index (χ2v) is 9.99. The summed E-state index contributed by atoms with van der Waals surface area (Å²) in [6.45, 7) is 6.46. The maximum atomic E-state index is 12.9. The van der Waals surface area contributed by atoms with Gasteiger partial charge < -0.3 is 19.5 Å². The average Bonchev–Trinajstić information content (AvgIpc) is 3.60. The van der Waals surface area contributed by atoms with Crippen LogP contribution in [0.15, 0.2) is 53.2 Å². The Balaban J connectivity index is 1.17. The van der Waals surface area contributed by atoms with Crippen molar-refractivity contribution in [3.05, 3.63) is 65.7 Å². The molecule has 4 aromatic heterocycles. The molecule has 1 amide bonds. The number of carbonyl (C=O) groups excluding carboxylic acids is 1. The maximum absolute atomic E-state index is 12.9. The number of H-pyrrole nitrogens is 1. The van der Waals surface area contributed by atoms with Gasteiger partial charge in [-0.1, -0.05) is 35.5 Å². The van der Waals surface area contributed by atoms with E-state index in [1.54, 1.807) is 18.0 Å². The van der Waals surface area contributed by atoms with E-state index in [1.807, 2.05) is 56.3 Å². The number of hydrogen-bond donors (Lipinski definition) is 2. The van der Waals surface area contributed by atoms with E-state index < -0.39 is 0 Å². The van der Waals surface area contributed by atoms with Gasteiger partial charge in [0.15, 0.2) is 5.65 Å². The second kappa shape index (κ2) is 10.7. The van der Waals surface area contributed by atoms with Crippen molar-refractivity contribution >= 4 is 23.1 Å². The number of pyridine rings is 1. The van der Waals surface area contributed by atoms with Gasteiger partial charge >= 0.3 is 6.09 Å². The Bertz CT molecular complexity index is 1650. The van der Waals surface area contributed by atoms with Gasteiger partial charge in [-0.15, -0.1) is 0 Å². The van der Waals surface area contributed by atoms with Crippen LogP contribution in [0.4, 0.5) is 10.7 Å². The molecular weight excluding hydrogens is 510 g/mol. The monoisotopic (exact) mass is 539 g/mol. The van der Waals surface area contributed by atoms with Crippen LogP contribution in [0.1, 0.15) is 36.8 Å². The Morgan fingerprint density at radius 2 is 1.98 bits per heavy atom. The van der Waals surface area contributed by atoms with Gasteiger partial charge in [-0.3, -0.25) is 5.10 Å². The number of ether oxygens (including phenoxy) is 1. The van der Waals surface area contributed by atoms with Gasteiger partial charge in [0.2, 0.25) is 17.7 Å². The minimum atomic E-state index is -0.319. The molecule has 1 aliphatic heterocycles. The predicted octanol–water partition coefficient (Wildman–Crippen LogP) is 4.68. The third-order valence-electron chi connectivity index (χ3n) is 7.04. The largest absolute Gasteiger partial charge is 0.445 e. The van der Waals surface area contributed by atoms with Crippen LogP contribution in [0.3, 0.4) is 0 Å². The highest BCUT2D eigenvalue weighted by molar-refractivity contribution is 5.91. The normalized spacial score (nSPS) is 17.2. The summed E-state index contributed by atoms with van der Waals surface area (Å²) in [7, 11) is 0. The van der Waals surface area contributed by atoms with Crippen molar-refractivity contribution in [3.63, 3.8) is 0 Å². The van der Waals surface area contributed by atoms with Crippen LogP contribution in [0, 0.1) is 13.8 Å². The van der Waals surface area contributed by atoms with Crippen LogP contribution >= 0.6 is 0 Å². The van der Waals surface area contributed by atoms with E-state index in [1.165, 1.54) is 0 Å². The van der Waals surface area contributed by atoms with E-state index in [4.69, 9.17) is 14.2 Å². The number of carbonyl (C=O) groups is 1. The predicted molar refractivity (Wildman–Crippen MR) is 147 cm³/mol. The molecule has 0 unspecified atom stereocenters. The summed E-state index contributed by atoms with van der Waals surface area (Å²) in [5.41, 5.74) is 4.39. The third kappa shape index (κ3) is 5.20. The number of hydrogen-bond acceptors (Lipinski definition) is 10. The molecule has 5 heterocycles. The first-order valence-corrected chi connectivity index (χ1v) is 13.2. The van der Waals surface area contributed by atoms with E-state index in [0.29, 0.717) is 41.2 Å². The molecule has 1 aliphatic rings. The number of anilines is 1.